The lowest BCUT2D eigenvalue weighted by Crippen LogP contribution is -2.10. The van der Waals surface area contributed by atoms with Crippen molar-refractivity contribution in [2.45, 2.75) is 32.0 Å². The van der Waals surface area contributed by atoms with Gasteiger partial charge in [-0.1, -0.05) is 36.4 Å². The Morgan fingerprint density at radius 3 is 2.81 bits per heavy atom. The monoisotopic (exact) mass is 284 g/mol. The Balaban J connectivity index is 1.52. The van der Waals surface area contributed by atoms with Crippen molar-refractivity contribution >= 4 is 0 Å². The fourth-order valence-corrected chi connectivity index (χ4v) is 2.70. The lowest BCUT2D eigenvalue weighted by molar-refractivity contribution is 0.00495. The van der Waals surface area contributed by atoms with Gasteiger partial charge < -0.3 is 14.6 Å². The largest absolute Gasteiger partial charge is 0.468 e. The highest BCUT2D eigenvalue weighted by molar-refractivity contribution is 5.38. The number of fused-ring (bicyclic) bond motifs is 1. The first kappa shape index (κ1) is 14.1. The molecule has 0 amide bonds. The van der Waals surface area contributed by atoms with Gasteiger partial charge in [0.2, 0.25) is 0 Å². The molecule has 1 aliphatic carbocycles. The number of benzene rings is 2. The number of aliphatic hydroxyl groups is 1. The lowest BCUT2D eigenvalue weighted by atomic mass is 9.89. The molecular weight excluding hydrogens is 264 g/mol. The highest BCUT2D eigenvalue weighted by Crippen LogP contribution is 2.31. The Kier molecular flexibility index (Phi) is 4.53. The topological polar surface area (TPSA) is 38.7 Å². The number of aryl methyl sites for hydroxylation is 1. The number of hydrogen-bond acceptors (Lipinski definition) is 3. The predicted molar refractivity (Wildman–Crippen MR) is 81.1 cm³/mol. The molecule has 1 aliphatic rings. The molecule has 1 atom stereocenters. The summed E-state index contributed by atoms with van der Waals surface area (Å²) in [4.78, 5) is 0. The Bertz CT molecular complexity index is 580. The lowest BCUT2D eigenvalue weighted by Gasteiger charge is -2.21. The van der Waals surface area contributed by atoms with Crippen LogP contribution in [0.1, 0.15) is 35.6 Å². The van der Waals surface area contributed by atoms with Gasteiger partial charge in [-0.05, 0) is 48.1 Å². The van der Waals surface area contributed by atoms with E-state index >= 15 is 0 Å². The fourth-order valence-electron chi connectivity index (χ4n) is 2.70. The summed E-state index contributed by atoms with van der Waals surface area (Å²) >= 11 is 0. The SMILES string of the molecule is OC1CCCc2cc(OCOCc3ccccc3)ccc21. The van der Waals surface area contributed by atoms with Crippen molar-refractivity contribution < 1.29 is 14.6 Å². The molecule has 2 aromatic rings. The van der Waals surface area contributed by atoms with Gasteiger partial charge in [0, 0.05) is 0 Å². The minimum atomic E-state index is -0.322. The maximum Gasteiger partial charge on any atom is 0.189 e. The third kappa shape index (κ3) is 3.63. The first-order valence-corrected chi connectivity index (χ1v) is 7.38. The van der Waals surface area contributed by atoms with Crippen LogP contribution in [0.2, 0.25) is 0 Å². The summed E-state index contributed by atoms with van der Waals surface area (Å²) in [5, 5.41) is 9.93. The van der Waals surface area contributed by atoms with Gasteiger partial charge >= 0.3 is 0 Å². The average Bonchev–Trinajstić information content (AvgIpc) is 2.53. The fraction of sp³-hybridized carbons (Fsp3) is 0.333. The smallest absolute Gasteiger partial charge is 0.189 e. The molecule has 2 aromatic carbocycles. The zero-order valence-electron chi connectivity index (χ0n) is 12.0. The second-order valence-electron chi connectivity index (χ2n) is 5.36. The minimum Gasteiger partial charge on any atom is -0.468 e. The molecule has 1 unspecified atom stereocenters. The van der Waals surface area contributed by atoms with Crippen LogP contribution in [0.25, 0.3) is 0 Å². The molecule has 0 saturated carbocycles. The summed E-state index contributed by atoms with van der Waals surface area (Å²) in [5.74, 6) is 0.802. The van der Waals surface area contributed by atoms with E-state index in [9.17, 15) is 5.11 Å². The molecule has 3 heteroatoms. The van der Waals surface area contributed by atoms with Gasteiger partial charge in [-0.2, -0.15) is 0 Å². The Hall–Kier alpha value is -1.84. The van der Waals surface area contributed by atoms with Crippen LogP contribution in [0.3, 0.4) is 0 Å². The number of hydrogen-bond donors (Lipinski definition) is 1. The molecule has 21 heavy (non-hydrogen) atoms. The molecule has 0 spiro atoms. The van der Waals surface area contributed by atoms with E-state index in [0.717, 1.165) is 36.1 Å². The second kappa shape index (κ2) is 6.74. The third-order valence-electron chi connectivity index (χ3n) is 3.82. The van der Waals surface area contributed by atoms with Crippen molar-refractivity contribution in [1.29, 1.82) is 0 Å². The molecule has 0 saturated heterocycles. The minimum absolute atomic E-state index is 0.232. The quantitative estimate of drug-likeness (QED) is 0.673. The maximum atomic E-state index is 9.93. The van der Waals surface area contributed by atoms with E-state index in [0.29, 0.717) is 6.61 Å². The summed E-state index contributed by atoms with van der Waals surface area (Å²) in [6.45, 7) is 0.779. The molecule has 0 heterocycles. The molecule has 0 aliphatic heterocycles. The van der Waals surface area contributed by atoms with Crippen LogP contribution >= 0.6 is 0 Å². The summed E-state index contributed by atoms with van der Waals surface area (Å²) < 4.78 is 11.1. The number of ether oxygens (including phenoxy) is 2. The van der Waals surface area contributed by atoms with E-state index in [-0.39, 0.29) is 12.9 Å². The normalized spacial score (nSPS) is 17.3. The third-order valence-corrected chi connectivity index (χ3v) is 3.82. The standard InChI is InChI=1S/C18H20O3/c19-18-8-4-7-15-11-16(9-10-17(15)18)21-13-20-12-14-5-2-1-3-6-14/h1-3,5-6,9-11,18-19H,4,7-8,12-13H2. The predicted octanol–water partition coefficient (Wildman–Crippen LogP) is 3.61. The maximum absolute atomic E-state index is 9.93. The molecule has 0 bridgehead atoms. The summed E-state index contributed by atoms with van der Waals surface area (Å²) in [5.41, 5.74) is 3.36. The molecular formula is C18H20O3. The molecule has 110 valence electrons. The number of rotatable bonds is 5. The van der Waals surface area contributed by atoms with Crippen LogP contribution in [0.5, 0.6) is 5.75 Å². The zero-order valence-corrected chi connectivity index (χ0v) is 12.0. The molecule has 0 radical (unpaired) electrons. The van der Waals surface area contributed by atoms with Gasteiger partial charge in [-0.25, -0.2) is 0 Å². The Morgan fingerprint density at radius 2 is 1.95 bits per heavy atom. The summed E-state index contributed by atoms with van der Waals surface area (Å²) in [6, 6.07) is 15.9. The van der Waals surface area contributed by atoms with Crippen LogP contribution in [0.4, 0.5) is 0 Å². The number of aliphatic hydroxyl groups excluding tert-OH is 1. The Morgan fingerprint density at radius 1 is 1.10 bits per heavy atom. The van der Waals surface area contributed by atoms with Crippen LogP contribution in [0, 0.1) is 0 Å². The first-order chi connectivity index (χ1) is 10.3. The molecule has 3 nitrogen and oxygen atoms in total. The van der Waals surface area contributed by atoms with Crippen LogP contribution in [0.15, 0.2) is 48.5 Å². The van der Waals surface area contributed by atoms with Crippen molar-refractivity contribution in [3.05, 3.63) is 65.2 Å². The molecule has 3 rings (SSSR count). The van der Waals surface area contributed by atoms with Crippen molar-refractivity contribution in [1.82, 2.24) is 0 Å². The van der Waals surface area contributed by atoms with Gasteiger partial charge in [-0.15, -0.1) is 0 Å². The van der Waals surface area contributed by atoms with Crippen LogP contribution < -0.4 is 4.74 Å². The summed E-state index contributed by atoms with van der Waals surface area (Å²) in [6.07, 6.45) is 2.57. The molecule has 1 N–H and O–H groups in total. The van der Waals surface area contributed by atoms with Crippen molar-refractivity contribution in [2.24, 2.45) is 0 Å². The van der Waals surface area contributed by atoms with E-state index in [1.807, 2.05) is 48.5 Å². The van der Waals surface area contributed by atoms with Gasteiger partial charge in [0.25, 0.3) is 0 Å². The second-order valence-corrected chi connectivity index (χ2v) is 5.36. The Labute approximate surface area is 125 Å². The van der Waals surface area contributed by atoms with Crippen molar-refractivity contribution in [3.8, 4) is 5.75 Å². The van der Waals surface area contributed by atoms with Crippen molar-refractivity contribution in [2.75, 3.05) is 6.79 Å². The highest BCUT2D eigenvalue weighted by Gasteiger charge is 2.17. The first-order valence-electron chi connectivity index (χ1n) is 7.38. The van der Waals surface area contributed by atoms with E-state index in [4.69, 9.17) is 9.47 Å². The van der Waals surface area contributed by atoms with Gasteiger partial charge in [0.05, 0.1) is 12.7 Å². The molecule has 0 fully saturated rings. The van der Waals surface area contributed by atoms with Crippen LogP contribution in [-0.2, 0) is 17.8 Å². The van der Waals surface area contributed by atoms with Gasteiger partial charge in [-0.3, -0.25) is 0 Å². The highest BCUT2D eigenvalue weighted by atomic mass is 16.7. The van der Waals surface area contributed by atoms with E-state index < -0.39 is 0 Å². The summed E-state index contributed by atoms with van der Waals surface area (Å²) in [7, 11) is 0. The average molecular weight is 284 g/mol. The molecule has 0 aromatic heterocycles. The van der Waals surface area contributed by atoms with E-state index in [1.165, 1.54) is 5.56 Å². The van der Waals surface area contributed by atoms with Crippen LogP contribution in [-0.4, -0.2) is 11.9 Å². The van der Waals surface area contributed by atoms with E-state index in [1.54, 1.807) is 0 Å². The van der Waals surface area contributed by atoms with Crippen molar-refractivity contribution in [3.63, 3.8) is 0 Å². The zero-order chi connectivity index (χ0) is 14.5. The van der Waals surface area contributed by atoms with Gasteiger partial charge in [0.15, 0.2) is 6.79 Å². The van der Waals surface area contributed by atoms with Gasteiger partial charge in [0.1, 0.15) is 5.75 Å². The van der Waals surface area contributed by atoms with E-state index in [2.05, 4.69) is 0 Å².